The quantitative estimate of drug-likeness (QED) is 0.437. The number of halogens is 1. The first-order chi connectivity index (χ1) is 16.2. The lowest BCUT2D eigenvalue weighted by Crippen LogP contribution is -2.44. The van der Waals surface area contributed by atoms with E-state index in [4.69, 9.17) is 35.6 Å². The topological polar surface area (TPSA) is 151 Å². The number of phosphoric ester groups is 1. The average molecular weight is 511 g/mol. The zero-order valence-electron chi connectivity index (χ0n) is 18.2. The monoisotopic (exact) mass is 510 g/mol. The van der Waals surface area contributed by atoms with E-state index < -0.39 is 38.0 Å². The van der Waals surface area contributed by atoms with Gasteiger partial charge >= 0.3 is 7.82 Å². The van der Waals surface area contributed by atoms with Crippen LogP contribution in [0, 0.1) is 0 Å². The van der Waals surface area contributed by atoms with Crippen molar-refractivity contribution in [1.29, 1.82) is 0 Å². The predicted octanol–water partition coefficient (Wildman–Crippen LogP) is 2.98. The summed E-state index contributed by atoms with van der Waals surface area (Å²) in [6.45, 7) is 1.24. The van der Waals surface area contributed by atoms with Crippen molar-refractivity contribution in [1.82, 2.24) is 14.5 Å². The molecule has 2 aromatic heterocycles. The number of aliphatic hydroxyl groups excluding tert-OH is 1. The van der Waals surface area contributed by atoms with Crippen molar-refractivity contribution in [2.45, 2.75) is 43.5 Å². The minimum Gasteiger partial charge on any atom is -0.387 e. The molecule has 4 heterocycles. The third-order valence-electron chi connectivity index (χ3n) is 6.05. The first-order valence-corrected chi connectivity index (χ1v) is 12.5. The van der Waals surface area contributed by atoms with Crippen LogP contribution in [0.3, 0.4) is 0 Å². The summed E-state index contributed by atoms with van der Waals surface area (Å²) in [5, 5.41) is 22.9. The van der Waals surface area contributed by atoms with Crippen LogP contribution in [0.25, 0.3) is 11.0 Å². The van der Waals surface area contributed by atoms with Crippen molar-refractivity contribution < 1.29 is 33.1 Å². The van der Waals surface area contributed by atoms with Gasteiger partial charge < -0.3 is 25.3 Å². The minimum atomic E-state index is -3.96. The van der Waals surface area contributed by atoms with E-state index >= 15 is 0 Å². The molecule has 0 spiro atoms. The molecule has 34 heavy (non-hydrogen) atoms. The summed E-state index contributed by atoms with van der Waals surface area (Å²) < 4.78 is 37.1. The fourth-order valence-electron chi connectivity index (χ4n) is 4.23. The van der Waals surface area contributed by atoms with Crippen LogP contribution >= 0.6 is 19.4 Å². The van der Waals surface area contributed by atoms with Gasteiger partial charge in [0.05, 0.1) is 24.7 Å². The zero-order chi connectivity index (χ0) is 24.1. The summed E-state index contributed by atoms with van der Waals surface area (Å²) in [7, 11) is -3.96. The molecule has 0 saturated carbocycles. The second-order valence-corrected chi connectivity index (χ2v) is 10.5. The molecule has 11 nitrogen and oxygen atoms in total. The number of aliphatic hydroxyl groups is 2. The second-order valence-electron chi connectivity index (χ2n) is 8.43. The maximum atomic E-state index is 13.1. The summed E-state index contributed by atoms with van der Waals surface area (Å²) in [6, 6.07) is 8.74. The van der Waals surface area contributed by atoms with Crippen LogP contribution in [0.5, 0.6) is 0 Å². The minimum absolute atomic E-state index is 0.152. The molecule has 0 amide bonds. The number of nitrogens with two attached hydrogens (primary N) is 1. The van der Waals surface area contributed by atoms with Crippen LogP contribution in [-0.2, 0) is 22.9 Å². The lowest BCUT2D eigenvalue weighted by molar-refractivity contribution is -0.0950. The number of phosphoric acid groups is 1. The number of ether oxygens (including phenoxy) is 1. The van der Waals surface area contributed by atoms with E-state index in [1.807, 2.05) is 6.07 Å². The van der Waals surface area contributed by atoms with Crippen molar-refractivity contribution in [3.05, 3.63) is 53.4 Å². The zero-order valence-corrected chi connectivity index (χ0v) is 19.8. The Balaban J connectivity index is 1.31. The average Bonchev–Trinajstić information content (AvgIpc) is 3.32. The molecule has 1 aromatic carbocycles. The van der Waals surface area contributed by atoms with Crippen LogP contribution in [0.2, 0.25) is 5.02 Å². The smallest absolute Gasteiger partial charge is 0.387 e. The van der Waals surface area contributed by atoms with Gasteiger partial charge in [0.25, 0.3) is 0 Å². The van der Waals surface area contributed by atoms with Gasteiger partial charge in [0.2, 0.25) is 0 Å². The van der Waals surface area contributed by atoms with Gasteiger partial charge in [-0.2, -0.15) is 0 Å². The lowest BCUT2D eigenvalue weighted by Gasteiger charge is -2.30. The first-order valence-electron chi connectivity index (χ1n) is 10.6. The van der Waals surface area contributed by atoms with Crippen molar-refractivity contribution in [2.75, 3.05) is 18.9 Å². The Morgan fingerprint density at radius 1 is 1.38 bits per heavy atom. The first kappa shape index (κ1) is 23.7. The molecule has 2 fully saturated rings. The predicted molar refractivity (Wildman–Crippen MR) is 122 cm³/mol. The Kier molecular flexibility index (Phi) is 6.16. The molecule has 4 N–H and O–H groups in total. The third kappa shape index (κ3) is 4.23. The van der Waals surface area contributed by atoms with Gasteiger partial charge in [-0.15, -0.1) is 0 Å². The van der Waals surface area contributed by atoms with Gasteiger partial charge in [-0.1, -0.05) is 23.7 Å². The van der Waals surface area contributed by atoms with Crippen LogP contribution in [0.1, 0.15) is 31.2 Å². The molecule has 0 unspecified atom stereocenters. The molecule has 2 saturated heterocycles. The number of hydrogen-bond donors (Lipinski definition) is 3. The van der Waals surface area contributed by atoms with Crippen LogP contribution < -0.4 is 5.73 Å². The highest BCUT2D eigenvalue weighted by Crippen LogP contribution is 2.57. The molecular formula is C21H24ClN4O7P. The fraction of sp³-hybridized carbons (Fsp3) is 0.429. The molecule has 6 atom stereocenters. The van der Waals surface area contributed by atoms with Crippen molar-refractivity contribution in [3.8, 4) is 0 Å². The lowest BCUT2D eigenvalue weighted by atomic mass is 9.96. The summed E-state index contributed by atoms with van der Waals surface area (Å²) in [5.74, 6) is 0.278. The number of nitrogen functional groups attached to an aromatic ring is 1. The van der Waals surface area contributed by atoms with Gasteiger partial charge in [-0.05, 0) is 30.7 Å². The highest BCUT2D eigenvalue weighted by atomic mass is 35.5. The number of anilines is 1. The van der Waals surface area contributed by atoms with Crippen molar-refractivity contribution in [3.63, 3.8) is 0 Å². The van der Waals surface area contributed by atoms with Gasteiger partial charge in [0, 0.05) is 17.6 Å². The molecule has 5 rings (SSSR count). The Bertz CT molecular complexity index is 1250. The van der Waals surface area contributed by atoms with E-state index in [0.717, 1.165) is 5.56 Å². The number of benzene rings is 1. The maximum Gasteiger partial charge on any atom is 0.475 e. The summed E-state index contributed by atoms with van der Waals surface area (Å²) >= 11 is 6.05. The van der Waals surface area contributed by atoms with Gasteiger partial charge in [-0.25, -0.2) is 14.5 Å². The fourth-order valence-corrected chi connectivity index (χ4v) is 5.83. The molecule has 2 aliphatic rings. The van der Waals surface area contributed by atoms with Crippen molar-refractivity contribution >= 4 is 36.3 Å². The van der Waals surface area contributed by atoms with Gasteiger partial charge in [0.15, 0.2) is 6.23 Å². The number of rotatable bonds is 5. The Labute approximate surface area is 200 Å². The molecule has 13 heteroatoms. The number of nitrogens with zero attached hydrogens (tertiary/aromatic N) is 3. The van der Waals surface area contributed by atoms with E-state index in [1.54, 1.807) is 35.0 Å². The van der Waals surface area contributed by atoms with E-state index in [0.29, 0.717) is 22.5 Å². The number of hydrogen-bond acceptors (Lipinski definition) is 10. The highest BCUT2D eigenvalue weighted by molar-refractivity contribution is 7.48. The Morgan fingerprint density at radius 2 is 2.21 bits per heavy atom. The Morgan fingerprint density at radius 3 is 3.00 bits per heavy atom. The SMILES string of the molecule is C[C@@]1(O)[C@H](O)[C@@H](CO[P@@]2(=O)OCC[C@H](c3cccc(Cl)c3)O2)O[C@H]1n1ccc2c(N)ncnc21. The van der Waals surface area contributed by atoms with Crippen molar-refractivity contribution in [2.24, 2.45) is 0 Å². The van der Waals surface area contributed by atoms with Gasteiger partial charge in [-0.3, -0.25) is 13.6 Å². The maximum absolute atomic E-state index is 13.1. The third-order valence-corrected chi connectivity index (χ3v) is 7.76. The van der Waals surface area contributed by atoms with E-state index in [1.165, 1.54) is 13.3 Å². The molecular weight excluding hydrogens is 487 g/mol. The highest BCUT2D eigenvalue weighted by Gasteiger charge is 2.54. The molecule has 0 aliphatic carbocycles. The molecule has 3 aromatic rings. The Hall–Kier alpha value is -2.08. The van der Waals surface area contributed by atoms with Crippen LogP contribution in [0.4, 0.5) is 5.82 Å². The molecule has 182 valence electrons. The number of fused-ring (bicyclic) bond motifs is 1. The standard InChI is InChI=1S/C21H24ClN4O7P/c1-21(28)17(27)16(32-20(21)26-7-5-14-18(23)24-11-25-19(14)26)10-31-34(29)30-8-6-15(33-34)12-3-2-4-13(22)9-12/h2-5,7,9,11,15-17,20,27-28H,6,8,10H2,1H3,(H2,23,24,25)/t15-,16-,17-,20-,21-,34-/m1/s1. The molecule has 0 bridgehead atoms. The van der Waals surface area contributed by atoms with E-state index in [2.05, 4.69) is 9.97 Å². The molecule has 0 radical (unpaired) electrons. The number of aromatic nitrogens is 3. The largest absolute Gasteiger partial charge is 0.475 e. The van der Waals surface area contributed by atoms with E-state index in [-0.39, 0.29) is 19.0 Å². The summed E-state index contributed by atoms with van der Waals surface area (Å²) in [5.41, 5.74) is 5.36. The van der Waals surface area contributed by atoms with Crippen LogP contribution in [-0.4, -0.2) is 55.8 Å². The summed E-state index contributed by atoms with van der Waals surface area (Å²) in [4.78, 5) is 8.16. The summed E-state index contributed by atoms with van der Waals surface area (Å²) in [6.07, 6.45) is -0.532. The molecule has 2 aliphatic heterocycles. The van der Waals surface area contributed by atoms with E-state index in [9.17, 15) is 14.8 Å². The van der Waals surface area contributed by atoms with Crippen LogP contribution in [0.15, 0.2) is 42.9 Å². The second kappa shape index (κ2) is 8.85. The van der Waals surface area contributed by atoms with Gasteiger partial charge in [0.1, 0.15) is 35.6 Å². The normalized spacial score (nSPS) is 34.0.